The topological polar surface area (TPSA) is 75.3 Å². The standard InChI is InChI=1S/C19H21NO6/c1-22-15-10-17(24-3)16(23-2)9-13(15)19(21)20-11-12-4-5-14-18(8-12)26-7-6-25-14/h4-5,8-10H,6-7,11H2,1-3H3,(H,20,21). The van der Waals surface area contributed by atoms with Gasteiger partial charge in [0.05, 0.1) is 26.9 Å². The van der Waals surface area contributed by atoms with Crippen molar-refractivity contribution in [1.82, 2.24) is 5.32 Å². The summed E-state index contributed by atoms with van der Waals surface area (Å²) in [6.45, 7) is 1.40. The monoisotopic (exact) mass is 359 g/mol. The summed E-state index contributed by atoms with van der Waals surface area (Å²) in [4.78, 5) is 12.6. The van der Waals surface area contributed by atoms with E-state index < -0.39 is 0 Å². The van der Waals surface area contributed by atoms with E-state index in [0.29, 0.717) is 54.1 Å². The van der Waals surface area contributed by atoms with Crippen LogP contribution >= 0.6 is 0 Å². The van der Waals surface area contributed by atoms with Crippen LogP contribution in [-0.4, -0.2) is 40.5 Å². The number of hydrogen-bond donors (Lipinski definition) is 1. The van der Waals surface area contributed by atoms with Crippen molar-refractivity contribution in [3.05, 3.63) is 41.5 Å². The van der Waals surface area contributed by atoms with Crippen molar-refractivity contribution in [2.24, 2.45) is 0 Å². The quantitative estimate of drug-likeness (QED) is 0.854. The van der Waals surface area contributed by atoms with Crippen LogP contribution in [0.4, 0.5) is 0 Å². The summed E-state index contributed by atoms with van der Waals surface area (Å²) < 4.78 is 26.9. The Hall–Kier alpha value is -3.09. The minimum atomic E-state index is -0.280. The summed E-state index contributed by atoms with van der Waals surface area (Å²) in [5, 5.41) is 2.87. The fourth-order valence-electron chi connectivity index (χ4n) is 2.68. The number of carbonyl (C=O) groups is 1. The highest BCUT2D eigenvalue weighted by atomic mass is 16.6. The molecule has 7 heteroatoms. The van der Waals surface area contributed by atoms with Crippen LogP contribution in [0.2, 0.25) is 0 Å². The van der Waals surface area contributed by atoms with Crippen LogP contribution in [-0.2, 0) is 6.54 Å². The molecule has 0 saturated heterocycles. The summed E-state index contributed by atoms with van der Waals surface area (Å²) in [6, 6.07) is 8.81. The second-order valence-corrected chi connectivity index (χ2v) is 5.57. The first-order valence-electron chi connectivity index (χ1n) is 8.13. The van der Waals surface area contributed by atoms with Crippen LogP contribution in [0.1, 0.15) is 15.9 Å². The van der Waals surface area contributed by atoms with Crippen molar-refractivity contribution in [2.45, 2.75) is 6.54 Å². The molecule has 1 aliphatic rings. The third-order valence-electron chi connectivity index (χ3n) is 4.01. The zero-order valence-electron chi connectivity index (χ0n) is 15.0. The highest BCUT2D eigenvalue weighted by Gasteiger charge is 2.18. The molecule has 0 atom stereocenters. The molecule has 0 bridgehead atoms. The van der Waals surface area contributed by atoms with Crippen molar-refractivity contribution in [3.8, 4) is 28.7 Å². The molecule has 1 amide bonds. The maximum absolute atomic E-state index is 12.6. The van der Waals surface area contributed by atoms with Crippen LogP contribution in [0.5, 0.6) is 28.7 Å². The molecule has 0 radical (unpaired) electrons. The van der Waals surface area contributed by atoms with Gasteiger partial charge in [-0.3, -0.25) is 4.79 Å². The van der Waals surface area contributed by atoms with E-state index in [1.807, 2.05) is 18.2 Å². The number of methoxy groups -OCH3 is 3. The number of amides is 1. The molecule has 1 heterocycles. The molecule has 2 aromatic rings. The molecule has 0 aliphatic carbocycles. The Balaban J connectivity index is 1.75. The Morgan fingerprint density at radius 1 is 0.923 bits per heavy atom. The summed E-state index contributed by atoms with van der Waals surface area (Å²) in [5.41, 5.74) is 1.27. The second-order valence-electron chi connectivity index (χ2n) is 5.57. The normalized spacial score (nSPS) is 12.3. The first-order valence-corrected chi connectivity index (χ1v) is 8.13. The maximum atomic E-state index is 12.6. The van der Waals surface area contributed by atoms with Gasteiger partial charge in [0.15, 0.2) is 23.0 Å². The number of benzene rings is 2. The lowest BCUT2D eigenvalue weighted by molar-refractivity contribution is 0.0947. The molecule has 0 fully saturated rings. The number of ether oxygens (including phenoxy) is 5. The Morgan fingerprint density at radius 2 is 1.58 bits per heavy atom. The molecule has 7 nitrogen and oxygen atoms in total. The van der Waals surface area contributed by atoms with Crippen LogP contribution in [0.3, 0.4) is 0 Å². The highest BCUT2D eigenvalue weighted by Crippen LogP contribution is 2.35. The lowest BCUT2D eigenvalue weighted by atomic mass is 10.1. The average molecular weight is 359 g/mol. The largest absolute Gasteiger partial charge is 0.496 e. The Bertz CT molecular complexity index is 805. The van der Waals surface area contributed by atoms with Gasteiger partial charge in [-0.1, -0.05) is 6.07 Å². The van der Waals surface area contributed by atoms with Gasteiger partial charge in [0.25, 0.3) is 5.91 Å². The molecular weight excluding hydrogens is 338 g/mol. The lowest BCUT2D eigenvalue weighted by Gasteiger charge is -2.19. The summed E-state index contributed by atoms with van der Waals surface area (Å²) >= 11 is 0. The van der Waals surface area contributed by atoms with Crippen LogP contribution in [0.15, 0.2) is 30.3 Å². The minimum Gasteiger partial charge on any atom is -0.496 e. The third-order valence-corrected chi connectivity index (χ3v) is 4.01. The fraction of sp³-hybridized carbons (Fsp3) is 0.316. The zero-order valence-corrected chi connectivity index (χ0v) is 15.0. The van der Waals surface area contributed by atoms with Gasteiger partial charge in [-0.15, -0.1) is 0 Å². The van der Waals surface area contributed by atoms with E-state index in [1.165, 1.54) is 21.3 Å². The smallest absolute Gasteiger partial charge is 0.255 e. The van der Waals surface area contributed by atoms with Crippen molar-refractivity contribution in [1.29, 1.82) is 0 Å². The number of nitrogens with one attached hydrogen (secondary N) is 1. The van der Waals surface area contributed by atoms with Crippen LogP contribution in [0.25, 0.3) is 0 Å². The predicted molar refractivity (Wildman–Crippen MR) is 94.7 cm³/mol. The summed E-state index contributed by atoms with van der Waals surface area (Å²) in [6.07, 6.45) is 0. The van der Waals surface area contributed by atoms with Gasteiger partial charge < -0.3 is 29.0 Å². The average Bonchev–Trinajstić information content (AvgIpc) is 2.70. The molecule has 0 spiro atoms. The number of rotatable bonds is 6. The van der Waals surface area contributed by atoms with Crippen molar-refractivity contribution in [2.75, 3.05) is 34.5 Å². The van der Waals surface area contributed by atoms with Gasteiger partial charge in [0.2, 0.25) is 0 Å². The molecular formula is C19H21NO6. The first-order chi connectivity index (χ1) is 12.7. The highest BCUT2D eigenvalue weighted by molar-refractivity contribution is 5.97. The van der Waals surface area contributed by atoms with Crippen LogP contribution < -0.4 is 29.0 Å². The Kier molecular flexibility index (Phi) is 5.36. The van der Waals surface area contributed by atoms with Gasteiger partial charge in [-0.2, -0.15) is 0 Å². The minimum absolute atomic E-state index is 0.280. The maximum Gasteiger partial charge on any atom is 0.255 e. The molecule has 1 aliphatic heterocycles. The van der Waals surface area contributed by atoms with Gasteiger partial charge in [0, 0.05) is 18.7 Å². The number of hydrogen-bond acceptors (Lipinski definition) is 6. The third kappa shape index (κ3) is 3.61. The Morgan fingerprint density at radius 3 is 2.27 bits per heavy atom. The van der Waals surface area contributed by atoms with Gasteiger partial charge in [-0.25, -0.2) is 0 Å². The van der Waals surface area contributed by atoms with Gasteiger partial charge >= 0.3 is 0 Å². The number of carbonyl (C=O) groups excluding carboxylic acids is 1. The van der Waals surface area contributed by atoms with E-state index in [2.05, 4.69) is 5.32 Å². The van der Waals surface area contributed by atoms with Crippen molar-refractivity contribution >= 4 is 5.91 Å². The fourth-order valence-corrected chi connectivity index (χ4v) is 2.68. The predicted octanol–water partition coefficient (Wildman–Crippen LogP) is 2.41. The molecule has 0 saturated carbocycles. The summed E-state index contributed by atoms with van der Waals surface area (Å²) in [5.74, 6) is 2.48. The molecule has 2 aromatic carbocycles. The second kappa shape index (κ2) is 7.86. The molecule has 26 heavy (non-hydrogen) atoms. The van der Waals surface area contributed by atoms with E-state index in [9.17, 15) is 4.79 Å². The zero-order chi connectivity index (χ0) is 18.5. The van der Waals surface area contributed by atoms with Gasteiger partial charge in [-0.05, 0) is 17.7 Å². The van der Waals surface area contributed by atoms with Crippen molar-refractivity contribution < 1.29 is 28.5 Å². The summed E-state index contributed by atoms with van der Waals surface area (Å²) in [7, 11) is 4.54. The first kappa shape index (κ1) is 17.7. The van der Waals surface area contributed by atoms with E-state index in [-0.39, 0.29) is 5.91 Å². The van der Waals surface area contributed by atoms with E-state index in [1.54, 1.807) is 12.1 Å². The van der Waals surface area contributed by atoms with Gasteiger partial charge in [0.1, 0.15) is 19.0 Å². The molecule has 1 N–H and O–H groups in total. The lowest BCUT2D eigenvalue weighted by Crippen LogP contribution is -2.23. The SMILES string of the molecule is COc1cc(OC)c(C(=O)NCc2ccc3c(c2)OCCO3)cc1OC. The molecule has 3 rings (SSSR count). The van der Waals surface area contributed by atoms with Crippen molar-refractivity contribution in [3.63, 3.8) is 0 Å². The molecule has 0 unspecified atom stereocenters. The molecule has 138 valence electrons. The van der Waals surface area contributed by atoms with E-state index >= 15 is 0 Å². The van der Waals surface area contributed by atoms with E-state index in [4.69, 9.17) is 23.7 Å². The Labute approximate surface area is 151 Å². The van der Waals surface area contributed by atoms with Crippen LogP contribution in [0, 0.1) is 0 Å². The number of fused-ring (bicyclic) bond motifs is 1. The molecule has 0 aromatic heterocycles. The van der Waals surface area contributed by atoms with E-state index in [0.717, 1.165) is 5.56 Å².